The fourth-order valence-electron chi connectivity index (χ4n) is 2.24. The number of rotatable bonds is 6. The van der Waals surface area contributed by atoms with Gasteiger partial charge in [-0.2, -0.15) is 13.2 Å². The Bertz CT molecular complexity index is 630. The summed E-state index contributed by atoms with van der Waals surface area (Å²) in [6.45, 7) is 0.687. The summed E-state index contributed by atoms with van der Waals surface area (Å²) in [4.78, 5) is 25.3. The molecule has 0 radical (unpaired) electrons. The number of halogens is 4. The summed E-state index contributed by atoms with van der Waals surface area (Å²) in [5.74, 6) is -0.106. The fourth-order valence-corrected chi connectivity index (χ4v) is 2.47. The van der Waals surface area contributed by atoms with Gasteiger partial charge in [0.15, 0.2) is 0 Å². The Morgan fingerprint density at radius 1 is 1.29 bits per heavy atom. The van der Waals surface area contributed by atoms with Gasteiger partial charge in [-0.3, -0.25) is 9.59 Å². The van der Waals surface area contributed by atoms with Crippen LogP contribution in [0.4, 0.5) is 18.9 Å². The molecule has 1 aliphatic rings. The molecule has 2 rings (SSSR count). The Labute approximate surface area is 143 Å². The van der Waals surface area contributed by atoms with E-state index in [1.54, 1.807) is 11.9 Å². The van der Waals surface area contributed by atoms with Crippen LogP contribution in [-0.2, 0) is 15.8 Å². The average molecular weight is 363 g/mol. The SMILES string of the molecule is CN(CC1CC1)C(=O)CCC(=O)Nc1ccc(Cl)c(C(F)(F)F)c1. The fraction of sp³-hybridized carbons (Fsp3) is 0.500. The van der Waals surface area contributed by atoms with Crippen molar-refractivity contribution in [2.75, 3.05) is 18.9 Å². The molecule has 0 saturated heterocycles. The van der Waals surface area contributed by atoms with Gasteiger partial charge in [0.05, 0.1) is 10.6 Å². The summed E-state index contributed by atoms with van der Waals surface area (Å²) in [5.41, 5.74) is -1.02. The van der Waals surface area contributed by atoms with Crippen molar-refractivity contribution in [3.63, 3.8) is 0 Å². The van der Waals surface area contributed by atoms with Crippen LogP contribution in [0.1, 0.15) is 31.2 Å². The number of hydrogen-bond acceptors (Lipinski definition) is 2. The van der Waals surface area contributed by atoms with E-state index in [4.69, 9.17) is 11.6 Å². The number of nitrogens with zero attached hydrogens (tertiary/aromatic N) is 1. The monoisotopic (exact) mass is 362 g/mol. The van der Waals surface area contributed by atoms with E-state index < -0.39 is 22.7 Å². The van der Waals surface area contributed by atoms with Gasteiger partial charge in [0.25, 0.3) is 0 Å². The van der Waals surface area contributed by atoms with Crippen LogP contribution in [-0.4, -0.2) is 30.3 Å². The van der Waals surface area contributed by atoms with E-state index in [2.05, 4.69) is 5.32 Å². The predicted octanol–water partition coefficient (Wildman–Crippen LogP) is 3.95. The molecular formula is C16H18ClF3N2O2. The first-order chi connectivity index (χ1) is 11.2. The van der Waals surface area contributed by atoms with Crippen molar-refractivity contribution in [1.82, 2.24) is 4.90 Å². The van der Waals surface area contributed by atoms with Gasteiger partial charge in [0.1, 0.15) is 0 Å². The second kappa shape index (κ2) is 7.42. The standard InChI is InChI=1S/C16H18ClF3N2O2/c1-22(9-10-2-3-10)15(24)7-6-14(23)21-11-4-5-13(17)12(8-11)16(18,19)20/h4-5,8,10H,2-3,6-7,9H2,1H3,(H,21,23). The van der Waals surface area contributed by atoms with Gasteiger partial charge in [-0.1, -0.05) is 11.6 Å². The Kier molecular flexibility index (Phi) is 5.74. The summed E-state index contributed by atoms with van der Waals surface area (Å²) in [6.07, 6.45) is -2.42. The summed E-state index contributed by atoms with van der Waals surface area (Å²) in [7, 11) is 1.69. The minimum absolute atomic E-state index is 0.00416. The predicted molar refractivity (Wildman–Crippen MR) is 84.7 cm³/mol. The number of anilines is 1. The molecule has 0 bridgehead atoms. The lowest BCUT2D eigenvalue weighted by Crippen LogP contribution is -2.29. The van der Waals surface area contributed by atoms with Crippen LogP contribution in [0.25, 0.3) is 0 Å². The molecule has 4 nitrogen and oxygen atoms in total. The van der Waals surface area contributed by atoms with Crippen LogP contribution in [0.5, 0.6) is 0 Å². The second-order valence-electron chi connectivity index (χ2n) is 5.96. The van der Waals surface area contributed by atoms with Crippen molar-refractivity contribution in [3.05, 3.63) is 28.8 Å². The maximum absolute atomic E-state index is 12.8. The van der Waals surface area contributed by atoms with Crippen LogP contribution in [0, 0.1) is 5.92 Å². The van der Waals surface area contributed by atoms with Crippen molar-refractivity contribution in [2.24, 2.45) is 5.92 Å². The molecule has 24 heavy (non-hydrogen) atoms. The van der Waals surface area contributed by atoms with Crippen molar-refractivity contribution in [1.29, 1.82) is 0 Å². The lowest BCUT2D eigenvalue weighted by atomic mass is 10.2. The molecule has 1 fully saturated rings. The lowest BCUT2D eigenvalue weighted by molar-refractivity contribution is -0.137. The number of carbonyl (C=O) groups excluding carboxylic acids is 2. The maximum Gasteiger partial charge on any atom is 0.417 e. The molecule has 1 aromatic rings. The zero-order chi connectivity index (χ0) is 17.9. The number of nitrogens with one attached hydrogen (secondary N) is 1. The lowest BCUT2D eigenvalue weighted by Gasteiger charge is -2.16. The number of hydrogen-bond donors (Lipinski definition) is 1. The molecule has 8 heteroatoms. The molecule has 0 unspecified atom stereocenters. The van der Waals surface area contributed by atoms with Gasteiger partial charge >= 0.3 is 6.18 Å². The molecule has 0 spiro atoms. The summed E-state index contributed by atoms with van der Waals surface area (Å²) in [6, 6.07) is 3.15. The van der Waals surface area contributed by atoms with Crippen LogP contribution >= 0.6 is 11.6 Å². The van der Waals surface area contributed by atoms with Crippen molar-refractivity contribution in [3.8, 4) is 0 Å². The molecule has 0 heterocycles. The molecule has 1 aliphatic carbocycles. The highest BCUT2D eigenvalue weighted by atomic mass is 35.5. The Morgan fingerprint density at radius 3 is 2.54 bits per heavy atom. The third-order valence-electron chi connectivity index (χ3n) is 3.78. The van der Waals surface area contributed by atoms with E-state index >= 15 is 0 Å². The molecule has 132 valence electrons. The van der Waals surface area contributed by atoms with Crippen LogP contribution < -0.4 is 5.32 Å². The van der Waals surface area contributed by atoms with Gasteiger partial charge in [-0.05, 0) is 37.0 Å². The molecule has 2 amide bonds. The van der Waals surface area contributed by atoms with E-state index in [0.717, 1.165) is 25.0 Å². The zero-order valence-electron chi connectivity index (χ0n) is 13.1. The maximum atomic E-state index is 12.8. The van der Waals surface area contributed by atoms with Crippen molar-refractivity contribution in [2.45, 2.75) is 31.9 Å². The molecular weight excluding hydrogens is 345 g/mol. The highest BCUT2D eigenvalue weighted by Crippen LogP contribution is 2.36. The van der Waals surface area contributed by atoms with Crippen LogP contribution in [0.3, 0.4) is 0 Å². The number of alkyl halides is 3. The first kappa shape index (κ1) is 18.6. The van der Waals surface area contributed by atoms with E-state index in [0.29, 0.717) is 12.5 Å². The molecule has 0 atom stereocenters. The van der Waals surface area contributed by atoms with Gasteiger partial charge in [0.2, 0.25) is 11.8 Å². The van der Waals surface area contributed by atoms with E-state index in [1.807, 2.05) is 0 Å². The largest absolute Gasteiger partial charge is 0.417 e. The first-order valence-corrected chi connectivity index (χ1v) is 7.95. The highest BCUT2D eigenvalue weighted by Gasteiger charge is 2.33. The van der Waals surface area contributed by atoms with Gasteiger partial charge in [-0.25, -0.2) is 0 Å². The molecule has 1 N–H and O–H groups in total. The normalized spacial score (nSPS) is 14.4. The summed E-state index contributed by atoms with van der Waals surface area (Å²) in [5, 5.41) is 1.93. The van der Waals surface area contributed by atoms with Crippen LogP contribution in [0.15, 0.2) is 18.2 Å². The third-order valence-corrected chi connectivity index (χ3v) is 4.11. The third kappa shape index (κ3) is 5.40. The van der Waals surface area contributed by atoms with Gasteiger partial charge < -0.3 is 10.2 Å². The van der Waals surface area contributed by atoms with E-state index in [-0.39, 0.29) is 24.4 Å². The topological polar surface area (TPSA) is 49.4 Å². The Balaban J connectivity index is 1.86. The smallest absolute Gasteiger partial charge is 0.345 e. The molecule has 0 aliphatic heterocycles. The van der Waals surface area contributed by atoms with Crippen LogP contribution in [0.2, 0.25) is 5.02 Å². The van der Waals surface area contributed by atoms with Gasteiger partial charge in [-0.15, -0.1) is 0 Å². The Hall–Kier alpha value is -1.76. The summed E-state index contributed by atoms with van der Waals surface area (Å²) < 4.78 is 38.3. The second-order valence-corrected chi connectivity index (χ2v) is 6.37. The molecule has 0 aromatic heterocycles. The molecule has 1 aromatic carbocycles. The number of benzene rings is 1. The van der Waals surface area contributed by atoms with Crippen molar-refractivity contribution >= 4 is 29.1 Å². The van der Waals surface area contributed by atoms with Crippen molar-refractivity contribution < 1.29 is 22.8 Å². The molecule has 1 saturated carbocycles. The quantitative estimate of drug-likeness (QED) is 0.833. The first-order valence-electron chi connectivity index (χ1n) is 7.57. The number of carbonyl (C=O) groups is 2. The zero-order valence-corrected chi connectivity index (χ0v) is 13.9. The Morgan fingerprint density at radius 2 is 1.96 bits per heavy atom. The minimum atomic E-state index is -4.60. The highest BCUT2D eigenvalue weighted by molar-refractivity contribution is 6.31. The average Bonchev–Trinajstić information content (AvgIpc) is 3.29. The number of amides is 2. The summed E-state index contributed by atoms with van der Waals surface area (Å²) >= 11 is 5.52. The minimum Gasteiger partial charge on any atom is -0.345 e. The van der Waals surface area contributed by atoms with E-state index in [1.165, 1.54) is 6.07 Å². The van der Waals surface area contributed by atoms with Gasteiger partial charge in [0, 0.05) is 32.1 Å². The van der Waals surface area contributed by atoms with E-state index in [9.17, 15) is 22.8 Å².